The van der Waals surface area contributed by atoms with E-state index >= 15 is 0 Å². The van der Waals surface area contributed by atoms with Gasteiger partial charge < -0.3 is 10.6 Å². The summed E-state index contributed by atoms with van der Waals surface area (Å²) in [6, 6.07) is 6.79. The standard InChI is InChI=1S/C14H17ClN2O/c1-3-6-13(16)14(18)17(4-2)10-11-7-5-8-12(15)9-11/h1,5,7-9,13H,4,6,10,16H2,2H3. The minimum absolute atomic E-state index is 0.129. The third kappa shape index (κ3) is 4.06. The molecule has 0 aromatic heterocycles. The minimum atomic E-state index is -0.630. The van der Waals surface area contributed by atoms with Crippen molar-refractivity contribution in [2.75, 3.05) is 6.54 Å². The highest BCUT2D eigenvalue weighted by atomic mass is 35.5. The average molecular weight is 265 g/mol. The monoisotopic (exact) mass is 264 g/mol. The Hall–Kier alpha value is -1.50. The quantitative estimate of drug-likeness (QED) is 0.828. The fourth-order valence-corrected chi connectivity index (χ4v) is 1.86. The molecule has 18 heavy (non-hydrogen) atoms. The lowest BCUT2D eigenvalue weighted by atomic mass is 10.1. The number of nitrogens with two attached hydrogens (primary N) is 1. The SMILES string of the molecule is C#CCC(N)C(=O)N(CC)Cc1cccc(Cl)c1. The molecule has 1 rings (SSSR count). The summed E-state index contributed by atoms with van der Waals surface area (Å²) >= 11 is 5.91. The maximum absolute atomic E-state index is 12.0. The maximum atomic E-state index is 12.0. The summed E-state index contributed by atoms with van der Waals surface area (Å²) < 4.78 is 0. The fraction of sp³-hybridized carbons (Fsp3) is 0.357. The number of amides is 1. The van der Waals surface area contributed by atoms with E-state index in [-0.39, 0.29) is 12.3 Å². The lowest BCUT2D eigenvalue weighted by molar-refractivity contribution is -0.132. The van der Waals surface area contributed by atoms with Gasteiger partial charge in [0.1, 0.15) is 0 Å². The number of carbonyl (C=O) groups is 1. The Morgan fingerprint density at radius 1 is 1.61 bits per heavy atom. The summed E-state index contributed by atoms with van der Waals surface area (Å²) in [5.41, 5.74) is 6.71. The van der Waals surface area contributed by atoms with Gasteiger partial charge in [0.15, 0.2) is 0 Å². The first-order chi connectivity index (χ1) is 8.58. The van der Waals surface area contributed by atoms with E-state index in [9.17, 15) is 4.79 Å². The van der Waals surface area contributed by atoms with Gasteiger partial charge in [0.05, 0.1) is 6.04 Å². The second-order valence-electron chi connectivity index (χ2n) is 4.00. The van der Waals surface area contributed by atoms with Crippen molar-refractivity contribution >= 4 is 17.5 Å². The van der Waals surface area contributed by atoms with E-state index in [1.165, 1.54) is 0 Å². The van der Waals surface area contributed by atoms with Crippen molar-refractivity contribution in [3.63, 3.8) is 0 Å². The van der Waals surface area contributed by atoms with Crippen LogP contribution in [0.1, 0.15) is 18.9 Å². The van der Waals surface area contributed by atoms with Gasteiger partial charge in [0, 0.05) is 24.5 Å². The van der Waals surface area contributed by atoms with Gasteiger partial charge in [0.2, 0.25) is 5.91 Å². The molecule has 3 nitrogen and oxygen atoms in total. The van der Waals surface area contributed by atoms with Gasteiger partial charge in [-0.05, 0) is 24.6 Å². The second-order valence-corrected chi connectivity index (χ2v) is 4.43. The Bertz CT molecular complexity index is 453. The molecule has 1 aromatic rings. The highest BCUT2D eigenvalue weighted by Gasteiger charge is 2.19. The summed E-state index contributed by atoms with van der Waals surface area (Å²) in [7, 11) is 0. The molecule has 0 aliphatic carbocycles. The lowest BCUT2D eigenvalue weighted by Gasteiger charge is -2.23. The molecule has 0 spiro atoms. The van der Waals surface area contributed by atoms with Crippen LogP contribution in [0.3, 0.4) is 0 Å². The van der Waals surface area contributed by atoms with Crippen molar-refractivity contribution in [2.45, 2.75) is 25.9 Å². The second kappa shape index (κ2) is 7.05. The summed E-state index contributed by atoms with van der Waals surface area (Å²) in [5.74, 6) is 2.28. The lowest BCUT2D eigenvalue weighted by Crippen LogP contribution is -2.43. The van der Waals surface area contributed by atoms with Crippen molar-refractivity contribution in [1.82, 2.24) is 4.90 Å². The summed E-state index contributed by atoms with van der Waals surface area (Å²) in [4.78, 5) is 13.7. The molecule has 1 amide bonds. The number of carbonyl (C=O) groups excluding carboxylic acids is 1. The van der Waals surface area contributed by atoms with E-state index in [1.807, 2.05) is 25.1 Å². The molecular formula is C14H17ClN2O. The molecule has 1 unspecified atom stereocenters. The Morgan fingerprint density at radius 2 is 2.33 bits per heavy atom. The van der Waals surface area contributed by atoms with Crippen LogP contribution in [0.25, 0.3) is 0 Å². The van der Waals surface area contributed by atoms with Crippen molar-refractivity contribution in [3.8, 4) is 12.3 Å². The van der Waals surface area contributed by atoms with Crippen LogP contribution in [0, 0.1) is 12.3 Å². The maximum Gasteiger partial charge on any atom is 0.240 e. The smallest absolute Gasteiger partial charge is 0.240 e. The van der Waals surface area contributed by atoms with Gasteiger partial charge in [-0.2, -0.15) is 0 Å². The zero-order valence-corrected chi connectivity index (χ0v) is 11.2. The van der Waals surface area contributed by atoms with Crippen LogP contribution in [0.15, 0.2) is 24.3 Å². The van der Waals surface area contributed by atoms with Crippen molar-refractivity contribution in [3.05, 3.63) is 34.9 Å². The fourth-order valence-electron chi connectivity index (χ4n) is 1.65. The molecule has 96 valence electrons. The molecule has 0 aliphatic rings. The number of hydrogen-bond donors (Lipinski definition) is 1. The molecule has 0 saturated carbocycles. The first-order valence-corrected chi connectivity index (χ1v) is 6.18. The summed E-state index contributed by atoms with van der Waals surface area (Å²) in [5, 5.41) is 0.656. The Morgan fingerprint density at radius 3 is 2.89 bits per heavy atom. The zero-order chi connectivity index (χ0) is 13.5. The number of hydrogen-bond acceptors (Lipinski definition) is 2. The number of nitrogens with zero attached hydrogens (tertiary/aromatic N) is 1. The molecule has 0 bridgehead atoms. The molecular weight excluding hydrogens is 248 g/mol. The van der Waals surface area contributed by atoms with Crippen LogP contribution in [0.4, 0.5) is 0 Å². The Labute approximate surface area is 113 Å². The van der Waals surface area contributed by atoms with E-state index in [1.54, 1.807) is 11.0 Å². The van der Waals surface area contributed by atoms with Crippen LogP contribution in [-0.2, 0) is 11.3 Å². The molecule has 2 N–H and O–H groups in total. The van der Waals surface area contributed by atoms with Crippen LogP contribution in [0.5, 0.6) is 0 Å². The van der Waals surface area contributed by atoms with E-state index in [4.69, 9.17) is 23.8 Å². The molecule has 0 radical (unpaired) electrons. The first kappa shape index (κ1) is 14.6. The van der Waals surface area contributed by atoms with E-state index in [0.29, 0.717) is 18.1 Å². The third-order valence-corrected chi connectivity index (χ3v) is 2.85. The summed E-state index contributed by atoms with van der Waals surface area (Å²) in [6.07, 6.45) is 5.42. The number of benzene rings is 1. The molecule has 0 fully saturated rings. The zero-order valence-electron chi connectivity index (χ0n) is 10.4. The Kier molecular flexibility index (Phi) is 5.70. The van der Waals surface area contributed by atoms with Crippen molar-refractivity contribution in [2.24, 2.45) is 5.73 Å². The normalized spacial score (nSPS) is 11.7. The van der Waals surface area contributed by atoms with Gasteiger partial charge in [0.25, 0.3) is 0 Å². The molecule has 1 atom stereocenters. The minimum Gasteiger partial charge on any atom is -0.337 e. The van der Waals surface area contributed by atoms with Gasteiger partial charge in [-0.1, -0.05) is 23.7 Å². The van der Waals surface area contributed by atoms with Crippen LogP contribution >= 0.6 is 11.6 Å². The average Bonchev–Trinajstić information content (AvgIpc) is 2.35. The predicted octanol–water partition coefficient (Wildman–Crippen LogP) is 2.04. The summed E-state index contributed by atoms with van der Waals surface area (Å²) in [6.45, 7) is 2.99. The molecule has 1 aromatic carbocycles. The molecule has 0 aliphatic heterocycles. The number of likely N-dealkylation sites (N-methyl/N-ethyl adjacent to an activating group) is 1. The van der Waals surface area contributed by atoms with Crippen LogP contribution < -0.4 is 5.73 Å². The Balaban J connectivity index is 2.73. The topological polar surface area (TPSA) is 46.3 Å². The van der Waals surface area contributed by atoms with Gasteiger partial charge in [-0.3, -0.25) is 4.79 Å². The molecule has 4 heteroatoms. The first-order valence-electron chi connectivity index (χ1n) is 5.80. The van der Waals surface area contributed by atoms with E-state index < -0.39 is 6.04 Å². The highest BCUT2D eigenvalue weighted by molar-refractivity contribution is 6.30. The number of terminal acetylenes is 1. The number of rotatable bonds is 5. The predicted molar refractivity (Wildman–Crippen MR) is 74.0 cm³/mol. The van der Waals surface area contributed by atoms with Gasteiger partial charge in [-0.15, -0.1) is 12.3 Å². The largest absolute Gasteiger partial charge is 0.337 e. The molecule has 0 saturated heterocycles. The van der Waals surface area contributed by atoms with Crippen molar-refractivity contribution in [1.29, 1.82) is 0 Å². The van der Waals surface area contributed by atoms with E-state index in [2.05, 4.69) is 5.92 Å². The van der Waals surface area contributed by atoms with Crippen LogP contribution in [0.2, 0.25) is 5.02 Å². The highest BCUT2D eigenvalue weighted by Crippen LogP contribution is 2.13. The van der Waals surface area contributed by atoms with Gasteiger partial charge >= 0.3 is 0 Å². The van der Waals surface area contributed by atoms with Crippen LogP contribution in [-0.4, -0.2) is 23.4 Å². The third-order valence-electron chi connectivity index (χ3n) is 2.61. The molecule has 0 heterocycles. The van der Waals surface area contributed by atoms with Crippen molar-refractivity contribution < 1.29 is 4.79 Å². The number of halogens is 1. The van der Waals surface area contributed by atoms with E-state index in [0.717, 1.165) is 5.56 Å². The van der Waals surface area contributed by atoms with Gasteiger partial charge in [-0.25, -0.2) is 0 Å².